The first kappa shape index (κ1) is 12.1. The Kier molecular flexibility index (Phi) is 3.20. The van der Waals surface area contributed by atoms with Crippen molar-refractivity contribution in [2.75, 3.05) is 11.9 Å². The smallest absolute Gasteiger partial charge is 0.159 e. The Morgan fingerprint density at radius 1 is 1.35 bits per heavy atom. The van der Waals surface area contributed by atoms with Crippen LogP contribution in [0.1, 0.15) is 37.6 Å². The molecule has 92 valence electrons. The summed E-state index contributed by atoms with van der Waals surface area (Å²) in [7, 11) is 0. The predicted octanol–water partition coefficient (Wildman–Crippen LogP) is 2.44. The molecule has 1 fully saturated rings. The summed E-state index contributed by atoms with van der Waals surface area (Å²) in [6, 6.07) is 8.16. The van der Waals surface area contributed by atoms with Crippen LogP contribution in [0.5, 0.6) is 0 Å². The van der Waals surface area contributed by atoms with Crippen LogP contribution >= 0.6 is 0 Å². The number of hydrogen-bond donors (Lipinski definition) is 2. The van der Waals surface area contributed by atoms with Gasteiger partial charge >= 0.3 is 0 Å². The van der Waals surface area contributed by atoms with Crippen molar-refractivity contribution in [1.29, 1.82) is 0 Å². The molecule has 1 saturated heterocycles. The Hall–Kier alpha value is -1.35. The third-order valence-electron chi connectivity index (χ3n) is 3.25. The normalized spacial score (nSPS) is 22.4. The molecule has 0 bridgehead atoms. The van der Waals surface area contributed by atoms with Gasteiger partial charge in [-0.25, -0.2) is 0 Å². The molecule has 3 heteroatoms. The number of ketones is 1. The van der Waals surface area contributed by atoms with Crippen molar-refractivity contribution < 1.29 is 4.79 Å². The van der Waals surface area contributed by atoms with E-state index in [1.807, 2.05) is 24.3 Å². The van der Waals surface area contributed by atoms with Gasteiger partial charge in [0.1, 0.15) is 0 Å². The van der Waals surface area contributed by atoms with Gasteiger partial charge in [-0.1, -0.05) is 0 Å². The first-order valence-electron chi connectivity index (χ1n) is 6.09. The first-order valence-corrected chi connectivity index (χ1v) is 6.09. The van der Waals surface area contributed by atoms with Gasteiger partial charge in [0, 0.05) is 29.4 Å². The monoisotopic (exact) mass is 232 g/mol. The van der Waals surface area contributed by atoms with Crippen LogP contribution in [-0.2, 0) is 0 Å². The van der Waals surface area contributed by atoms with Crippen molar-refractivity contribution >= 4 is 11.5 Å². The van der Waals surface area contributed by atoms with Crippen LogP contribution in [0, 0.1) is 0 Å². The molecule has 17 heavy (non-hydrogen) atoms. The van der Waals surface area contributed by atoms with Gasteiger partial charge in [-0.05, 0) is 51.5 Å². The maximum absolute atomic E-state index is 11.2. The van der Waals surface area contributed by atoms with Crippen LogP contribution in [0.2, 0.25) is 0 Å². The van der Waals surface area contributed by atoms with Crippen LogP contribution < -0.4 is 10.6 Å². The van der Waals surface area contributed by atoms with E-state index in [0.717, 1.165) is 24.2 Å². The largest absolute Gasteiger partial charge is 0.381 e. The topological polar surface area (TPSA) is 41.1 Å². The Bertz CT molecular complexity index is 409. The van der Waals surface area contributed by atoms with Gasteiger partial charge < -0.3 is 10.6 Å². The quantitative estimate of drug-likeness (QED) is 0.786. The second-order valence-corrected chi connectivity index (χ2v) is 5.44. The molecule has 1 aromatic carbocycles. The molecular weight excluding hydrogens is 212 g/mol. The molecule has 0 amide bonds. The summed E-state index contributed by atoms with van der Waals surface area (Å²) in [6.45, 7) is 7.01. The van der Waals surface area contributed by atoms with Crippen LogP contribution in [-0.4, -0.2) is 23.9 Å². The third kappa shape index (κ3) is 3.07. The molecule has 0 aliphatic carbocycles. The van der Waals surface area contributed by atoms with Gasteiger partial charge in [-0.2, -0.15) is 0 Å². The Morgan fingerprint density at radius 3 is 2.47 bits per heavy atom. The van der Waals surface area contributed by atoms with Crippen LogP contribution in [0.15, 0.2) is 24.3 Å². The number of carbonyl (C=O) groups excluding carboxylic acids is 1. The molecule has 0 saturated carbocycles. The summed E-state index contributed by atoms with van der Waals surface area (Å²) < 4.78 is 0. The summed E-state index contributed by atoms with van der Waals surface area (Å²) in [6.07, 6.45) is 1.11. The molecule has 2 rings (SSSR count). The van der Waals surface area contributed by atoms with Gasteiger partial charge in [0.2, 0.25) is 0 Å². The molecule has 1 aliphatic rings. The minimum Gasteiger partial charge on any atom is -0.381 e. The highest BCUT2D eigenvalue weighted by molar-refractivity contribution is 5.94. The molecule has 0 spiro atoms. The number of Topliss-reactive ketones (excluding diaryl/α,β-unsaturated/α-hetero) is 1. The number of rotatable bonds is 3. The first-order chi connectivity index (χ1) is 7.96. The SMILES string of the molecule is CC(=O)c1ccc(NC2CNC(C)(C)C2)cc1. The van der Waals surface area contributed by atoms with E-state index in [9.17, 15) is 4.79 Å². The van der Waals surface area contributed by atoms with Crippen molar-refractivity contribution in [3.63, 3.8) is 0 Å². The number of anilines is 1. The Balaban J connectivity index is 1.98. The van der Waals surface area contributed by atoms with E-state index in [1.165, 1.54) is 0 Å². The molecule has 1 aliphatic heterocycles. The van der Waals surface area contributed by atoms with Gasteiger partial charge in [0.25, 0.3) is 0 Å². The molecule has 1 heterocycles. The maximum Gasteiger partial charge on any atom is 0.159 e. The van der Waals surface area contributed by atoms with E-state index in [-0.39, 0.29) is 11.3 Å². The molecule has 1 aromatic rings. The van der Waals surface area contributed by atoms with Gasteiger partial charge in [0.05, 0.1) is 0 Å². The molecule has 0 aromatic heterocycles. The molecule has 0 radical (unpaired) electrons. The lowest BCUT2D eigenvalue weighted by molar-refractivity contribution is 0.101. The number of hydrogen-bond acceptors (Lipinski definition) is 3. The lowest BCUT2D eigenvalue weighted by atomic mass is 10.0. The van der Waals surface area contributed by atoms with Crippen molar-refractivity contribution in [2.45, 2.75) is 38.8 Å². The Morgan fingerprint density at radius 2 is 2.00 bits per heavy atom. The predicted molar refractivity (Wildman–Crippen MR) is 70.6 cm³/mol. The van der Waals surface area contributed by atoms with Gasteiger partial charge in [-0.15, -0.1) is 0 Å². The maximum atomic E-state index is 11.2. The fourth-order valence-corrected chi connectivity index (χ4v) is 2.30. The minimum atomic E-state index is 0.111. The average molecular weight is 232 g/mol. The highest BCUT2D eigenvalue weighted by atomic mass is 16.1. The fourth-order valence-electron chi connectivity index (χ4n) is 2.30. The molecule has 2 N–H and O–H groups in total. The number of benzene rings is 1. The van der Waals surface area contributed by atoms with E-state index >= 15 is 0 Å². The highest BCUT2D eigenvalue weighted by Crippen LogP contribution is 2.21. The lowest BCUT2D eigenvalue weighted by Crippen LogP contribution is -2.31. The van der Waals surface area contributed by atoms with Crippen molar-refractivity contribution in [3.8, 4) is 0 Å². The van der Waals surface area contributed by atoms with E-state index in [4.69, 9.17) is 0 Å². The number of nitrogens with one attached hydrogen (secondary N) is 2. The van der Waals surface area contributed by atoms with E-state index in [1.54, 1.807) is 6.92 Å². The van der Waals surface area contributed by atoms with Gasteiger partial charge in [-0.3, -0.25) is 4.79 Å². The van der Waals surface area contributed by atoms with E-state index < -0.39 is 0 Å². The van der Waals surface area contributed by atoms with Crippen molar-refractivity contribution in [2.24, 2.45) is 0 Å². The van der Waals surface area contributed by atoms with Crippen LogP contribution in [0.3, 0.4) is 0 Å². The highest BCUT2D eigenvalue weighted by Gasteiger charge is 2.29. The van der Waals surface area contributed by atoms with Crippen molar-refractivity contribution in [1.82, 2.24) is 5.32 Å². The Labute approximate surface area is 103 Å². The number of carbonyl (C=O) groups is 1. The second kappa shape index (κ2) is 4.49. The lowest BCUT2D eigenvalue weighted by Gasteiger charge is -2.18. The summed E-state index contributed by atoms with van der Waals surface area (Å²) in [5.41, 5.74) is 2.07. The van der Waals surface area contributed by atoms with Crippen LogP contribution in [0.25, 0.3) is 0 Å². The van der Waals surface area contributed by atoms with Gasteiger partial charge in [0.15, 0.2) is 5.78 Å². The average Bonchev–Trinajstić information content (AvgIpc) is 2.59. The third-order valence-corrected chi connectivity index (χ3v) is 3.25. The summed E-state index contributed by atoms with van der Waals surface area (Å²) in [4.78, 5) is 11.2. The van der Waals surface area contributed by atoms with E-state index in [0.29, 0.717) is 6.04 Å². The molecule has 3 nitrogen and oxygen atoms in total. The summed E-state index contributed by atoms with van der Waals surface area (Å²) in [5, 5.41) is 6.97. The van der Waals surface area contributed by atoms with E-state index in [2.05, 4.69) is 24.5 Å². The molecule has 1 atom stereocenters. The zero-order valence-corrected chi connectivity index (χ0v) is 10.7. The molecular formula is C14H20N2O. The molecule has 1 unspecified atom stereocenters. The zero-order valence-electron chi connectivity index (χ0n) is 10.7. The second-order valence-electron chi connectivity index (χ2n) is 5.44. The summed E-state index contributed by atoms with van der Waals surface area (Å²) >= 11 is 0. The zero-order chi connectivity index (χ0) is 12.5. The minimum absolute atomic E-state index is 0.111. The standard InChI is InChI=1S/C14H20N2O/c1-10(17)11-4-6-12(7-5-11)16-13-8-14(2,3)15-9-13/h4-7,13,15-16H,8-9H2,1-3H3. The van der Waals surface area contributed by atoms with Crippen LogP contribution in [0.4, 0.5) is 5.69 Å². The fraction of sp³-hybridized carbons (Fsp3) is 0.500. The van der Waals surface area contributed by atoms with Crippen molar-refractivity contribution in [3.05, 3.63) is 29.8 Å². The summed E-state index contributed by atoms with van der Waals surface area (Å²) in [5.74, 6) is 0.111.